The molecule has 0 saturated heterocycles. The second-order valence-electron chi connectivity index (χ2n) is 4.63. The molecule has 0 aliphatic carbocycles. The van der Waals surface area contributed by atoms with E-state index in [-0.39, 0.29) is 24.6 Å². The van der Waals surface area contributed by atoms with Gasteiger partial charge in [-0.2, -0.15) is 0 Å². The Kier molecular flexibility index (Phi) is 5.95. The van der Waals surface area contributed by atoms with Gasteiger partial charge in [0.05, 0.1) is 13.5 Å². The summed E-state index contributed by atoms with van der Waals surface area (Å²) in [5.41, 5.74) is 0.0127. The van der Waals surface area contributed by atoms with Crippen LogP contribution in [0, 0.1) is 5.92 Å². The number of rotatable bonds is 6. The minimum Gasteiger partial charge on any atom is -0.464 e. The van der Waals surface area contributed by atoms with E-state index in [1.807, 2.05) is 13.8 Å². The van der Waals surface area contributed by atoms with Crippen molar-refractivity contribution in [3.8, 4) is 0 Å². The maximum atomic E-state index is 11.6. The highest BCUT2D eigenvalue weighted by Crippen LogP contribution is 2.12. The van der Waals surface area contributed by atoms with Gasteiger partial charge >= 0.3 is 11.9 Å². The van der Waals surface area contributed by atoms with Gasteiger partial charge in [0.25, 0.3) is 5.91 Å². The maximum Gasteiger partial charge on any atom is 0.355 e. The molecule has 0 fully saturated rings. The monoisotopic (exact) mass is 286 g/mol. The number of amides is 1. The molecule has 0 radical (unpaired) electrons. The molecule has 1 amide bonds. The van der Waals surface area contributed by atoms with Crippen molar-refractivity contribution in [3.63, 3.8) is 0 Å². The number of ether oxygens (including phenoxy) is 2. The molecule has 0 aromatic carbocycles. The zero-order chi connectivity index (χ0) is 15.1. The highest BCUT2D eigenvalue weighted by atomic mass is 16.7. The minimum absolute atomic E-state index is 0.0127. The zero-order valence-electron chi connectivity index (χ0n) is 11.7. The Balaban J connectivity index is 2.28. The fourth-order valence-electron chi connectivity index (χ4n) is 1.34. The summed E-state index contributed by atoms with van der Waals surface area (Å²) in [7, 11) is 1.20. The molecule has 8 heteroatoms. The summed E-state index contributed by atoms with van der Waals surface area (Å²) < 4.78 is 9.23. The third-order valence-electron chi connectivity index (χ3n) is 2.41. The first-order chi connectivity index (χ1) is 9.43. The van der Waals surface area contributed by atoms with Gasteiger partial charge in [-0.1, -0.05) is 19.0 Å². The van der Waals surface area contributed by atoms with Crippen molar-refractivity contribution in [2.75, 3.05) is 20.3 Å². The number of esters is 2. The summed E-state index contributed by atoms with van der Waals surface area (Å²) in [6.07, 6.45) is -1.04. The molecule has 0 saturated carbocycles. The van der Waals surface area contributed by atoms with Crippen LogP contribution < -0.4 is 5.32 Å². The lowest BCUT2D eigenvalue weighted by molar-refractivity contribution is -0.158. The van der Waals surface area contributed by atoms with E-state index in [1.165, 1.54) is 7.11 Å². The number of nitrogens with one attached hydrogen (secondary N) is 1. The Morgan fingerprint density at radius 1 is 1.45 bits per heavy atom. The van der Waals surface area contributed by atoms with Crippen LogP contribution >= 0.6 is 0 Å². The molecule has 112 valence electrons. The van der Waals surface area contributed by atoms with E-state index in [4.69, 9.17) is 9.57 Å². The van der Waals surface area contributed by atoms with E-state index in [0.717, 1.165) is 0 Å². The summed E-state index contributed by atoms with van der Waals surface area (Å²) in [4.78, 5) is 38.9. The van der Waals surface area contributed by atoms with Crippen LogP contribution in [0.5, 0.6) is 0 Å². The molecule has 0 unspecified atom stereocenters. The fraction of sp³-hybridized carbons (Fsp3) is 0.667. The molecule has 1 rings (SSSR count). The average Bonchev–Trinajstić information content (AvgIpc) is 2.91. The van der Waals surface area contributed by atoms with Crippen LogP contribution in [0.3, 0.4) is 0 Å². The largest absolute Gasteiger partial charge is 0.464 e. The average molecular weight is 286 g/mol. The highest BCUT2D eigenvalue weighted by molar-refractivity contribution is 6.37. The van der Waals surface area contributed by atoms with E-state index < -0.39 is 18.0 Å². The Morgan fingerprint density at radius 2 is 2.15 bits per heavy atom. The van der Waals surface area contributed by atoms with Crippen LogP contribution in [-0.4, -0.2) is 49.9 Å². The molecule has 0 bridgehead atoms. The first kappa shape index (κ1) is 15.9. The first-order valence-electron chi connectivity index (χ1n) is 6.18. The van der Waals surface area contributed by atoms with Crippen molar-refractivity contribution in [3.05, 3.63) is 0 Å². The van der Waals surface area contributed by atoms with Gasteiger partial charge in [-0.15, -0.1) is 0 Å². The van der Waals surface area contributed by atoms with Crippen molar-refractivity contribution >= 4 is 23.6 Å². The lowest BCUT2D eigenvalue weighted by Crippen LogP contribution is -2.34. The van der Waals surface area contributed by atoms with Crippen molar-refractivity contribution in [1.82, 2.24) is 5.32 Å². The van der Waals surface area contributed by atoms with E-state index in [0.29, 0.717) is 12.5 Å². The number of carbonyl (C=O) groups excluding carboxylic acids is 3. The Morgan fingerprint density at radius 3 is 2.75 bits per heavy atom. The SMILES string of the molecule is COC(=O)C1=NO[C@H](C(=O)OCC(=O)NCC(C)C)C1. The Hall–Kier alpha value is -2.12. The summed E-state index contributed by atoms with van der Waals surface area (Å²) in [6.45, 7) is 4.01. The second kappa shape index (κ2) is 7.46. The minimum atomic E-state index is -1.01. The van der Waals surface area contributed by atoms with Crippen LogP contribution in [0.4, 0.5) is 0 Å². The lowest BCUT2D eigenvalue weighted by atomic mass is 10.2. The molecule has 1 aliphatic heterocycles. The topological polar surface area (TPSA) is 103 Å². The van der Waals surface area contributed by atoms with Gasteiger partial charge in [-0.25, -0.2) is 9.59 Å². The smallest absolute Gasteiger partial charge is 0.355 e. The van der Waals surface area contributed by atoms with Crippen LogP contribution in [0.15, 0.2) is 5.16 Å². The summed E-state index contributed by atoms with van der Waals surface area (Å²) in [5.74, 6) is -1.48. The number of methoxy groups -OCH3 is 1. The van der Waals surface area contributed by atoms with Crippen LogP contribution in [-0.2, 0) is 28.7 Å². The Bertz CT molecular complexity index is 418. The van der Waals surface area contributed by atoms with Gasteiger partial charge in [-0.05, 0) is 5.92 Å². The normalized spacial score (nSPS) is 17.2. The summed E-state index contributed by atoms with van der Waals surface area (Å²) in [6, 6.07) is 0. The van der Waals surface area contributed by atoms with Gasteiger partial charge in [0.15, 0.2) is 12.3 Å². The zero-order valence-corrected chi connectivity index (χ0v) is 11.7. The van der Waals surface area contributed by atoms with Crippen molar-refractivity contribution < 1.29 is 28.7 Å². The Labute approximate surface area is 116 Å². The predicted molar refractivity (Wildman–Crippen MR) is 67.7 cm³/mol. The molecule has 0 spiro atoms. The molecule has 0 aromatic heterocycles. The van der Waals surface area contributed by atoms with Crippen molar-refractivity contribution in [2.45, 2.75) is 26.4 Å². The number of oxime groups is 1. The fourth-order valence-corrected chi connectivity index (χ4v) is 1.34. The number of hydrogen-bond donors (Lipinski definition) is 1. The molecule has 1 aliphatic rings. The van der Waals surface area contributed by atoms with Crippen molar-refractivity contribution in [1.29, 1.82) is 0 Å². The molecular formula is C12H18N2O6. The van der Waals surface area contributed by atoms with E-state index in [2.05, 4.69) is 15.2 Å². The summed E-state index contributed by atoms with van der Waals surface area (Å²) in [5, 5.41) is 6.04. The third-order valence-corrected chi connectivity index (χ3v) is 2.41. The van der Waals surface area contributed by atoms with E-state index in [9.17, 15) is 14.4 Å². The molecule has 8 nitrogen and oxygen atoms in total. The van der Waals surface area contributed by atoms with Gasteiger partial charge < -0.3 is 19.6 Å². The van der Waals surface area contributed by atoms with Crippen molar-refractivity contribution in [2.24, 2.45) is 11.1 Å². The number of hydrogen-bond acceptors (Lipinski definition) is 7. The van der Waals surface area contributed by atoms with E-state index >= 15 is 0 Å². The van der Waals surface area contributed by atoms with E-state index in [1.54, 1.807) is 0 Å². The quantitative estimate of drug-likeness (QED) is 0.668. The molecular weight excluding hydrogens is 268 g/mol. The van der Waals surface area contributed by atoms with Crippen LogP contribution in [0.1, 0.15) is 20.3 Å². The number of carbonyl (C=O) groups is 3. The maximum absolute atomic E-state index is 11.6. The molecule has 1 N–H and O–H groups in total. The van der Waals surface area contributed by atoms with Gasteiger partial charge in [0, 0.05) is 6.54 Å². The molecule has 0 aromatic rings. The summed E-state index contributed by atoms with van der Waals surface area (Å²) >= 11 is 0. The standard InChI is InChI=1S/C12H18N2O6/c1-7(2)5-13-10(15)6-19-12(17)9-4-8(14-20-9)11(16)18-3/h7,9H,4-6H2,1-3H3,(H,13,15)/t9-/m0/s1. The second-order valence-corrected chi connectivity index (χ2v) is 4.63. The number of nitrogens with zero attached hydrogens (tertiary/aromatic N) is 1. The first-order valence-corrected chi connectivity index (χ1v) is 6.18. The predicted octanol–water partition coefficient (Wildman–Crippen LogP) is -0.380. The van der Waals surface area contributed by atoms with Crippen LogP contribution in [0.25, 0.3) is 0 Å². The molecule has 1 atom stereocenters. The van der Waals surface area contributed by atoms with Gasteiger partial charge in [-0.3, -0.25) is 4.79 Å². The van der Waals surface area contributed by atoms with Gasteiger partial charge in [0.1, 0.15) is 0 Å². The molecule has 20 heavy (non-hydrogen) atoms. The molecule has 1 heterocycles. The van der Waals surface area contributed by atoms with Gasteiger partial charge in [0.2, 0.25) is 6.10 Å². The highest BCUT2D eigenvalue weighted by Gasteiger charge is 2.33. The third kappa shape index (κ3) is 4.87. The van der Waals surface area contributed by atoms with Crippen LogP contribution in [0.2, 0.25) is 0 Å². The lowest BCUT2D eigenvalue weighted by Gasteiger charge is -2.10.